The highest BCUT2D eigenvalue weighted by Crippen LogP contribution is 2.34. The molecule has 2 N–H and O–H groups in total. The van der Waals surface area contributed by atoms with Crippen molar-refractivity contribution in [3.63, 3.8) is 0 Å². The largest absolute Gasteiger partial charge is 0.369 e. The van der Waals surface area contributed by atoms with Crippen LogP contribution in [-0.2, 0) is 6.42 Å². The molecule has 3 aromatic rings. The number of rotatable bonds is 2. The number of nitrogens with one attached hydrogen (secondary N) is 2. The Morgan fingerprint density at radius 1 is 1.14 bits per heavy atom. The first-order valence-corrected chi connectivity index (χ1v) is 9.95. The Hall–Kier alpha value is -3.20. The average Bonchev–Trinajstić information content (AvgIpc) is 3.32. The number of nitrogens with zero attached hydrogens (tertiary/aromatic N) is 6. The van der Waals surface area contributed by atoms with Crippen LogP contribution >= 0.6 is 0 Å². The van der Waals surface area contributed by atoms with E-state index in [1.807, 2.05) is 24.4 Å². The highest BCUT2D eigenvalue weighted by Gasteiger charge is 2.30. The van der Waals surface area contributed by atoms with E-state index in [0.717, 1.165) is 61.0 Å². The third kappa shape index (κ3) is 3.17. The molecular weight excluding hydrogens is 368 g/mol. The molecule has 2 amide bonds. The lowest BCUT2D eigenvalue weighted by Gasteiger charge is -2.30. The van der Waals surface area contributed by atoms with Crippen molar-refractivity contribution in [2.75, 3.05) is 47.8 Å². The maximum Gasteiger partial charge on any atom is 0.328 e. The molecule has 1 fully saturated rings. The molecule has 5 rings (SSSR count). The molecule has 0 spiro atoms. The van der Waals surface area contributed by atoms with Crippen LogP contribution in [-0.4, -0.2) is 58.1 Å². The Morgan fingerprint density at radius 2 is 1.97 bits per heavy atom. The molecule has 0 unspecified atom stereocenters. The molecule has 0 saturated carbocycles. The Bertz CT molecular complexity index is 1090. The Balaban J connectivity index is 1.40. The second-order valence-corrected chi connectivity index (χ2v) is 7.53. The Labute approximate surface area is 168 Å². The minimum absolute atomic E-state index is 0.211. The fourth-order valence-electron chi connectivity index (χ4n) is 4.18. The van der Waals surface area contributed by atoms with Crippen molar-refractivity contribution < 1.29 is 4.79 Å². The molecular formula is C20H24N8O. The normalized spacial score (nSPS) is 16.3. The predicted octanol–water partition coefficient (Wildman–Crippen LogP) is 1.75. The lowest BCUT2D eigenvalue weighted by atomic mass is 10.1. The van der Waals surface area contributed by atoms with Gasteiger partial charge in [-0.05, 0) is 26.3 Å². The van der Waals surface area contributed by atoms with E-state index in [2.05, 4.69) is 36.6 Å². The smallest absolute Gasteiger partial charge is 0.328 e. The number of piperazine rings is 1. The summed E-state index contributed by atoms with van der Waals surface area (Å²) in [5, 5.41) is 6.31. The Kier molecular flexibility index (Phi) is 4.31. The average molecular weight is 392 g/mol. The topological polar surface area (TPSA) is 90.7 Å². The molecule has 3 aromatic heterocycles. The number of carbonyl (C=O) groups excluding carboxylic acids is 1. The summed E-state index contributed by atoms with van der Waals surface area (Å²) in [6.07, 6.45) is 6.32. The zero-order chi connectivity index (χ0) is 20.0. The summed E-state index contributed by atoms with van der Waals surface area (Å²) in [6.45, 7) is 8.33. The van der Waals surface area contributed by atoms with Crippen LogP contribution in [0.4, 0.5) is 22.1 Å². The summed E-state index contributed by atoms with van der Waals surface area (Å²) < 4.78 is 1.89. The zero-order valence-electron chi connectivity index (χ0n) is 16.6. The number of carbonyl (C=O) groups is 1. The second kappa shape index (κ2) is 7.00. The van der Waals surface area contributed by atoms with Gasteiger partial charge in [-0.3, -0.25) is 10.2 Å². The number of pyridine rings is 1. The van der Waals surface area contributed by atoms with Gasteiger partial charge in [0.05, 0.1) is 17.6 Å². The van der Waals surface area contributed by atoms with Crippen molar-refractivity contribution in [3.8, 4) is 0 Å². The van der Waals surface area contributed by atoms with E-state index in [0.29, 0.717) is 12.4 Å². The number of fused-ring (bicyclic) bond motifs is 2. The fourth-order valence-corrected chi connectivity index (χ4v) is 4.18. The Morgan fingerprint density at radius 3 is 2.79 bits per heavy atom. The van der Waals surface area contributed by atoms with E-state index in [9.17, 15) is 4.79 Å². The van der Waals surface area contributed by atoms with Crippen LogP contribution < -0.4 is 20.4 Å². The standard InChI is InChI=1S/C20H24N8O/c1-13-11-27-12-17(24-14(2)18(27)23-13)25-20(29)28-8-4-15-16(3-5-22-19(15)28)26-9-6-21-7-10-26/h3,5,11-12,21H,4,6-10H2,1-2H3,(H,25,29). The highest BCUT2D eigenvalue weighted by molar-refractivity contribution is 6.02. The molecule has 0 aromatic carbocycles. The van der Waals surface area contributed by atoms with Gasteiger partial charge in [-0.25, -0.2) is 19.7 Å². The summed E-state index contributed by atoms with van der Waals surface area (Å²) in [4.78, 5) is 30.6. The van der Waals surface area contributed by atoms with Crippen molar-refractivity contribution in [3.05, 3.63) is 41.6 Å². The van der Waals surface area contributed by atoms with E-state index in [1.165, 1.54) is 5.69 Å². The highest BCUT2D eigenvalue weighted by atomic mass is 16.2. The van der Waals surface area contributed by atoms with Crippen molar-refractivity contribution >= 4 is 29.0 Å². The van der Waals surface area contributed by atoms with Gasteiger partial charge in [-0.15, -0.1) is 0 Å². The van der Waals surface area contributed by atoms with Crippen LogP contribution in [0.15, 0.2) is 24.7 Å². The molecule has 0 aliphatic carbocycles. The minimum atomic E-state index is -0.211. The number of anilines is 3. The predicted molar refractivity (Wildman–Crippen MR) is 112 cm³/mol. The molecule has 9 nitrogen and oxygen atoms in total. The van der Waals surface area contributed by atoms with E-state index >= 15 is 0 Å². The molecule has 9 heteroatoms. The number of hydrogen-bond acceptors (Lipinski definition) is 6. The maximum atomic E-state index is 13.0. The monoisotopic (exact) mass is 392 g/mol. The summed E-state index contributed by atoms with van der Waals surface area (Å²) in [6, 6.07) is 1.85. The number of aryl methyl sites for hydroxylation is 2. The first-order valence-electron chi connectivity index (χ1n) is 9.95. The van der Waals surface area contributed by atoms with Gasteiger partial charge in [0.25, 0.3) is 0 Å². The van der Waals surface area contributed by atoms with Crippen LogP contribution in [0.5, 0.6) is 0 Å². The van der Waals surface area contributed by atoms with Crippen LogP contribution in [0.3, 0.4) is 0 Å². The van der Waals surface area contributed by atoms with E-state index in [1.54, 1.807) is 17.3 Å². The maximum absolute atomic E-state index is 13.0. The minimum Gasteiger partial charge on any atom is -0.369 e. The van der Waals surface area contributed by atoms with Gasteiger partial charge >= 0.3 is 6.03 Å². The van der Waals surface area contributed by atoms with Gasteiger partial charge in [-0.2, -0.15) is 0 Å². The van der Waals surface area contributed by atoms with Crippen molar-refractivity contribution in [2.45, 2.75) is 20.3 Å². The van der Waals surface area contributed by atoms with Gasteiger partial charge in [0.1, 0.15) is 5.82 Å². The van der Waals surface area contributed by atoms with Crippen LogP contribution in [0, 0.1) is 13.8 Å². The lowest BCUT2D eigenvalue weighted by molar-refractivity contribution is 0.257. The molecule has 0 bridgehead atoms. The molecule has 1 saturated heterocycles. The van der Waals surface area contributed by atoms with Gasteiger partial charge < -0.3 is 14.6 Å². The summed E-state index contributed by atoms with van der Waals surface area (Å²) in [7, 11) is 0. The number of aromatic nitrogens is 4. The third-order valence-electron chi connectivity index (χ3n) is 5.51. The van der Waals surface area contributed by atoms with Crippen molar-refractivity contribution in [1.82, 2.24) is 24.7 Å². The van der Waals surface area contributed by atoms with Crippen molar-refractivity contribution in [1.29, 1.82) is 0 Å². The third-order valence-corrected chi connectivity index (χ3v) is 5.51. The molecule has 0 atom stereocenters. The number of imidazole rings is 1. The zero-order valence-corrected chi connectivity index (χ0v) is 16.6. The van der Waals surface area contributed by atoms with Gasteiger partial charge in [0, 0.05) is 56.4 Å². The molecule has 150 valence electrons. The van der Waals surface area contributed by atoms with Crippen LogP contribution in [0.1, 0.15) is 17.0 Å². The SMILES string of the molecule is Cc1cn2cc(NC(=O)N3CCc4c(N5CCNCC5)ccnc43)nc(C)c2n1. The molecule has 0 radical (unpaired) electrons. The van der Waals surface area contributed by atoms with E-state index in [4.69, 9.17) is 0 Å². The summed E-state index contributed by atoms with van der Waals surface area (Å²) >= 11 is 0. The second-order valence-electron chi connectivity index (χ2n) is 7.53. The van der Waals surface area contributed by atoms with Crippen LogP contribution in [0.25, 0.3) is 5.65 Å². The number of hydrogen-bond donors (Lipinski definition) is 2. The molecule has 2 aliphatic heterocycles. The van der Waals surface area contributed by atoms with Crippen LogP contribution in [0.2, 0.25) is 0 Å². The first-order chi connectivity index (χ1) is 14.1. The van der Waals surface area contributed by atoms with E-state index in [-0.39, 0.29) is 6.03 Å². The first kappa shape index (κ1) is 17.9. The molecule has 5 heterocycles. The summed E-state index contributed by atoms with van der Waals surface area (Å²) in [5.74, 6) is 1.25. The quantitative estimate of drug-likeness (QED) is 0.691. The van der Waals surface area contributed by atoms with Gasteiger partial charge in [0.2, 0.25) is 0 Å². The lowest BCUT2D eigenvalue weighted by Crippen LogP contribution is -2.43. The fraction of sp³-hybridized carbons (Fsp3) is 0.400. The summed E-state index contributed by atoms with van der Waals surface area (Å²) in [5.41, 5.74) is 4.83. The number of amides is 2. The van der Waals surface area contributed by atoms with Gasteiger partial charge in [-0.1, -0.05) is 0 Å². The van der Waals surface area contributed by atoms with E-state index < -0.39 is 0 Å². The van der Waals surface area contributed by atoms with Crippen molar-refractivity contribution in [2.24, 2.45) is 0 Å². The number of urea groups is 1. The molecule has 2 aliphatic rings. The molecule has 29 heavy (non-hydrogen) atoms. The van der Waals surface area contributed by atoms with Gasteiger partial charge in [0.15, 0.2) is 11.5 Å².